The molecular formula is C12H18N2O2. The summed E-state index contributed by atoms with van der Waals surface area (Å²) >= 11 is 0. The maximum absolute atomic E-state index is 12.1. The van der Waals surface area contributed by atoms with Gasteiger partial charge in [0, 0.05) is 6.54 Å². The molecule has 4 heteroatoms. The number of nitrogens with zero attached hydrogens (tertiary/aromatic N) is 1. The lowest BCUT2D eigenvalue weighted by atomic mass is 10.2. The Balaban J connectivity index is 1.96. The third kappa shape index (κ3) is 2.44. The van der Waals surface area contributed by atoms with Crippen LogP contribution in [0.4, 0.5) is 0 Å². The van der Waals surface area contributed by atoms with Crippen LogP contribution in [0.1, 0.15) is 25.5 Å². The molecule has 4 nitrogen and oxygen atoms in total. The number of furan rings is 1. The summed E-state index contributed by atoms with van der Waals surface area (Å²) in [6.07, 6.45) is 3.68. The smallest absolute Gasteiger partial charge is 0.240 e. The molecule has 16 heavy (non-hydrogen) atoms. The first-order valence-corrected chi connectivity index (χ1v) is 5.86. The van der Waals surface area contributed by atoms with Gasteiger partial charge in [-0.3, -0.25) is 4.79 Å². The highest BCUT2D eigenvalue weighted by Crippen LogP contribution is 2.11. The first-order chi connectivity index (χ1) is 7.81. The highest BCUT2D eigenvalue weighted by molar-refractivity contribution is 5.82. The zero-order valence-electron chi connectivity index (χ0n) is 9.61. The van der Waals surface area contributed by atoms with Gasteiger partial charge in [0.25, 0.3) is 0 Å². The Labute approximate surface area is 95.6 Å². The van der Waals surface area contributed by atoms with E-state index in [1.54, 1.807) is 6.26 Å². The van der Waals surface area contributed by atoms with E-state index < -0.39 is 0 Å². The van der Waals surface area contributed by atoms with E-state index in [0.717, 1.165) is 31.7 Å². The van der Waals surface area contributed by atoms with E-state index in [-0.39, 0.29) is 11.9 Å². The standard InChI is InChI=1S/C12H18N2O2/c1-2-14(9-10-5-4-8-16-10)12(15)11-6-3-7-13-11/h4-5,8,11,13H,2-3,6-7,9H2,1H3. The van der Waals surface area contributed by atoms with Crippen molar-refractivity contribution in [3.63, 3.8) is 0 Å². The summed E-state index contributed by atoms with van der Waals surface area (Å²) in [5, 5.41) is 3.23. The zero-order chi connectivity index (χ0) is 11.4. The normalized spacial score (nSPS) is 19.9. The average Bonchev–Trinajstić information content (AvgIpc) is 2.97. The molecule has 1 N–H and O–H groups in total. The van der Waals surface area contributed by atoms with Crippen LogP contribution in [0.2, 0.25) is 0 Å². The van der Waals surface area contributed by atoms with Gasteiger partial charge in [0.2, 0.25) is 5.91 Å². The highest BCUT2D eigenvalue weighted by atomic mass is 16.3. The van der Waals surface area contributed by atoms with E-state index in [1.165, 1.54) is 0 Å². The van der Waals surface area contributed by atoms with Gasteiger partial charge in [-0.2, -0.15) is 0 Å². The number of carbonyl (C=O) groups excluding carboxylic acids is 1. The summed E-state index contributed by atoms with van der Waals surface area (Å²) in [6.45, 7) is 4.24. The topological polar surface area (TPSA) is 45.5 Å². The lowest BCUT2D eigenvalue weighted by Crippen LogP contribution is -2.43. The fourth-order valence-electron chi connectivity index (χ4n) is 2.05. The number of hydrogen-bond acceptors (Lipinski definition) is 3. The Hall–Kier alpha value is -1.29. The summed E-state index contributed by atoms with van der Waals surface area (Å²) in [4.78, 5) is 14.0. The first-order valence-electron chi connectivity index (χ1n) is 5.86. The lowest BCUT2D eigenvalue weighted by Gasteiger charge is -2.23. The van der Waals surface area contributed by atoms with Gasteiger partial charge < -0.3 is 14.6 Å². The SMILES string of the molecule is CCN(Cc1ccco1)C(=O)C1CCCN1. The van der Waals surface area contributed by atoms with Crippen LogP contribution in [0, 0.1) is 0 Å². The molecule has 0 bridgehead atoms. The molecule has 1 aromatic rings. The van der Waals surface area contributed by atoms with Crippen molar-refractivity contribution in [3.8, 4) is 0 Å². The third-order valence-corrected chi connectivity index (χ3v) is 2.98. The van der Waals surface area contributed by atoms with Crippen LogP contribution in [-0.2, 0) is 11.3 Å². The van der Waals surface area contributed by atoms with Crippen molar-refractivity contribution < 1.29 is 9.21 Å². The van der Waals surface area contributed by atoms with Gasteiger partial charge in [-0.1, -0.05) is 0 Å². The minimum atomic E-state index is 0.00918. The molecule has 0 spiro atoms. The van der Waals surface area contributed by atoms with E-state index >= 15 is 0 Å². The van der Waals surface area contributed by atoms with Crippen LogP contribution < -0.4 is 5.32 Å². The maximum atomic E-state index is 12.1. The molecule has 2 heterocycles. The minimum Gasteiger partial charge on any atom is -0.467 e. The molecule has 0 saturated carbocycles. The van der Waals surface area contributed by atoms with E-state index in [4.69, 9.17) is 4.42 Å². The summed E-state index contributed by atoms with van der Waals surface area (Å²) < 4.78 is 5.26. The summed E-state index contributed by atoms with van der Waals surface area (Å²) in [7, 11) is 0. The van der Waals surface area contributed by atoms with Gasteiger partial charge in [0.05, 0.1) is 18.8 Å². The molecule has 1 aliphatic rings. The second kappa shape index (κ2) is 5.16. The molecule has 1 saturated heterocycles. The van der Waals surface area contributed by atoms with Gasteiger partial charge in [-0.15, -0.1) is 0 Å². The molecule has 1 amide bonds. The molecule has 2 rings (SSSR count). The van der Waals surface area contributed by atoms with Crippen molar-refractivity contribution in [1.82, 2.24) is 10.2 Å². The van der Waals surface area contributed by atoms with Crippen LogP contribution in [0.5, 0.6) is 0 Å². The minimum absolute atomic E-state index is 0.00918. The van der Waals surface area contributed by atoms with Gasteiger partial charge in [-0.05, 0) is 38.4 Å². The fraction of sp³-hybridized carbons (Fsp3) is 0.583. The predicted molar refractivity (Wildman–Crippen MR) is 60.8 cm³/mol. The van der Waals surface area contributed by atoms with Crippen molar-refractivity contribution >= 4 is 5.91 Å². The van der Waals surface area contributed by atoms with Crippen LogP contribution in [0.25, 0.3) is 0 Å². The molecule has 1 unspecified atom stereocenters. The molecule has 0 radical (unpaired) electrons. The number of nitrogens with one attached hydrogen (secondary N) is 1. The van der Waals surface area contributed by atoms with Crippen molar-refractivity contribution in [2.24, 2.45) is 0 Å². The fourth-order valence-corrected chi connectivity index (χ4v) is 2.05. The second-order valence-electron chi connectivity index (χ2n) is 4.08. The van der Waals surface area contributed by atoms with Crippen molar-refractivity contribution in [1.29, 1.82) is 0 Å². The van der Waals surface area contributed by atoms with Crippen LogP contribution >= 0.6 is 0 Å². The number of hydrogen-bond donors (Lipinski definition) is 1. The Morgan fingerprint density at radius 2 is 2.56 bits per heavy atom. The predicted octanol–water partition coefficient (Wildman–Crippen LogP) is 1.38. The largest absolute Gasteiger partial charge is 0.467 e. The number of likely N-dealkylation sites (N-methyl/N-ethyl adjacent to an activating group) is 1. The van der Waals surface area contributed by atoms with Gasteiger partial charge in [0.1, 0.15) is 5.76 Å². The first kappa shape index (κ1) is 11.2. The quantitative estimate of drug-likeness (QED) is 0.837. The molecule has 1 aromatic heterocycles. The molecule has 1 fully saturated rings. The third-order valence-electron chi connectivity index (χ3n) is 2.98. The van der Waals surface area contributed by atoms with E-state index in [1.807, 2.05) is 24.0 Å². The maximum Gasteiger partial charge on any atom is 0.240 e. The monoisotopic (exact) mass is 222 g/mol. The second-order valence-corrected chi connectivity index (χ2v) is 4.08. The van der Waals surface area contributed by atoms with Crippen LogP contribution in [0.3, 0.4) is 0 Å². The molecular weight excluding hydrogens is 204 g/mol. The number of rotatable bonds is 4. The van der Waals surface area contributed by atoms with Crippen molar-refractivity contribution in [3.05, 3.63) is 24.2 Å². The van der Waals surface area contributed by atoms with Crippen LogP contribution in [-0.4, -0.2) is 29.9 Å². The van der Waals surface area contributed by atoms with Gasteiger partial charge >= 0.3 is 0 Å². The van der Waals surface area contributed by atoms with Crippen LogP contribution in [0.15, 0.2) is 22.8 Å². The van der Waals surface area contributed by atoms with E-state index in [0.29, 0.717) is 6.54 Å². The van der Waals surface area contributed by atoms with E-state index in [2.05, 4.69) is 5.32 Å². The van der Waals surface area contributed by atoms with Gasteiger partial charge in [0.15, 0.2) is 0 Å². The number of carbonyl (C=O) groups is 1. The summed E-state index contributed by atoms with van der Waals surface area (Å²) in [6, 6.07) is 3.76. The lowest BCUT2D eigenvalue weighted by molar-refractivity contribution is -0.133. The summed E-state index contributed by atoms with van der Waals surface area (Å²) in [5.41, 5.74) is 0. The molecule has 88 valence electrons. The highest BCUT2D eigenvalue weighted by Gasteiger charge is 2.26. The van der Waals surface area contributed by atoms with E-state index in [9.17, 15) is 4.79 Å². The Kier molecular flexibility index (Phi) is 3.62. The van der Waals surface area contributed by atoms with Gasteiger partial charge in [-0.25, -0.2) is 0 Å². The molecule has 0 aromatic carbocycles. The Morgan fingerprint density at radius 1 is 1.69 bits per heavy atom. The Morgan fingerprint density at radius 3 is 3.12 bits per heavy atom. The zero-order valence-corrected chi connectivity index (χ0v) is 9.61. The molecule has 0 aliphatic carbocycles. The van der Waals surface area contributed by atoms with Crippen molar-refractivity contribution in [2.75, 3.05) is 13.1 Å². The Bertz CT molecular complexity index is 329. The molecule has 1 atom stereocenters. The number of amides is 1. The average molecular weight is 222 g/mol. The molecule has 1 aliphatic heterocycles. The summed E-state index contributed by atoms with van der Waals surface area (Å²) in [5.74, 6) is 1.03. The van der Waals surface area contributed by atoms with Crippen molar-refractivity contribution in [2.45, 2.75) is 32.4 Å².